The van der Waals surface area contributed by atoms with Gasteiger partial charge in [0.15, 0.2) is 0 Å². The van der Waals surface area contributed by atoms with Crippen molar-refractivity contribution in [2.45, 2.75) is 57.8 Å². The molecular weight excluding hydrogens is 408 g/mol. The fraction of sp³-hybridized carbons (Fsp3) is 0.458. The number of hydrogen-bond acceptors (Lipinski definition) is 6. The molecule has 1 atom stereocenters. The first kappa shape index (κ1) is 22.1. The number of pyridine rings is 1. The number of aromatic nitrogens is 3. The largest absolute Gasteiger partial charge is 0.461 e. The Balaban J connectivity index is 1.33. The molecule has 0 aliphatic heterocycles. The number of amides is 1. The number of imidazole rings is 1. The second-order valence-electron chi connectivity index (χ2n) is 8.35. The van der Waals surface area contributed by atoms with E-state index in [-0.39, 0.29) is 24.2 Å². The van der Waals surface area contributed by atoms with Crippen molar-refractivity contribution in [1.29, 1.82) is 0 Å². The number of carbonyl (C=O) groups is 1. The first-order valence-electron chi connectivity index (χ1n) is 11.1. The van der Waals surface area contributed by atoms with Gasteiger partial charge in [0.05, 0.1) is 29.9 Å². The van der Waals surface area contributed by atoms with Crippen molar-refractivity contribution in [2.24, 2.45) is 7.05 Å². The molecule has 1 saturated carbocycles. The van der Waals surface area contributed by atoms with Gasteiger partial charge in [-0.2, -0.15) is 4.98 Å². The van der Waals surface area contributed by atoms with Crippen LogP contribution >= 0.6 is 0 Å². The van der Waals surface area contributed by atoms with Gasteiger partial charge in [0.1, 0.15) is 17.6 Å². The zero-order chi connectivity index (χ0) is 22.5. The summed E-state index contributed by atoms with van der Waals surface area (Å²) in [4.78, 5) is 19.9. The van der Waals surface area contributed by atoms with Gasteiger partial charge in [0.2, 0.25) is 5.91 Å². The number of aryl methyl sites for hydroxylation is 1. The predicted molar refractivity (Wildman–Crippen MR) is 121 cm³/mol. The lowest BCUT2D eigenvalue weighted by Crippen LogP contribution is -2.37. The van der Waals surface area contributed by atoms with E-state index >= 15 is 0 Å². The molecule has 0 radical (unpaired) electrons. The zero-order valence-corrected chi connectivity index (χ0v) is 18.8. The molecule has 1 N–H and O–H groups in total. The van der Waals surface area contributed by atoms with Gasteiger partial charge in [-0.25, -0.2) is 0 Å². The Bertz CT molecular complexity index is 1040. The average Bonchev–Trinajstić information content (AvgIpc) is 3.08. The van der Waals surface area contributed by atoms with E-state index in [1.54, 1.807) is 12.4 Å². The number of carbonyl (C=O) groups excluding carboxylic acids is 1. The van der Waals surface area contributed by atoms with Gasteiger partial charge in [0.25, 0.3) is 6.01 Å². The van der Waals surface area contributed by atoms with Crippen LogP contribution < -0.4 is 14.8 Å². The Labute approximate surface area is 187 Å². The van der Waals surface area contributed by atoms with E-state index in [0.29, 0.717) is 18.4 Å². The number of benzene rings is 1. The smallest absolute Gasteiger partial charge is 0.297 e. The maximum Gasteiger partial charge on any atom is 0.297 e. The summed E-state index contributed by atoms with van der Waals surface area (Å²) in [6.45, 7) is 4.01. The lowest BCUT2D eigenvalue weighted by atomic mass is 9.95. The van der Waals surface area contributed by atoms with Crippen LogP contribution in [-0.2, 0) is 16.6 Å². The number of fused-ring (bicyclic) bond motifs is 1. The summed E-state index contributed by atoms with van der Waals surface area (Å²) in [5.74, 6) is 1.39. The summed E-state index contributed by atoms with van der Waals surface area (Å²) in [6.07, 6.45) is 7.42. The van der Waals surface area contributed by atoms with Crippen LogP contribution in [0.2, 0.25) is 0 Å². The van der Waals surface area contributed by atoms with E-state index in [2.05, 4.69) is 15.3 Å². The molecule has 1 aliphatic rings. The minimum Gasteiger partial charge on any atom is -0.461 e. The number of ether oxygens (including phenoxy) is 3. The highest BCUT2D eigenvalue weighted by Gasteiger charge is 2.25. The molecule has 1 aromatic carbocycles. The average molecular weight is 439 g/mol. The van der Waals surface area contributed by atoms with Gasteiger partial charge >= 0.3 is 0 Å². The summed E-state index contributed by atoms with van der Waals surface area (Å²) < 4.78 is 20.1. The van der Waals surface area contributed by atoms with Crippen molar-refractivity contribution < 1.29 is 19.0 Å². The quantitative estimate of drug-likeness (QED) is 0.572. The summed E-state index contributed by atoms with van der Waals surface area (Å²) in [5.41, 5.74) is 1.82. The summed E-state index contributed by atoms with van der Waals surface area (Å²) in [7, 11) is 1.96. The first-order chi connectivity index (χ1) is 15.5. The van der Waals surface area contributed by atoms with Crippen molar-refractivity contribution >= 4 is 16.9 Å². The summed E-state index contributed by atoms with van der Waals surface area (Å²) >= 11 is 0. The molecule has 2 aromatic heterocycles. The van der Waals surface area contributed by atoms with Gasteiger partial charge in [-0.3, -0.25) is 14.3 Å². The fourth-order valence-electron chi connectivity index (χ4n) is 3.99. The van der Waals surface area contributed by atoms with Gasteiger partial charge in [-0.05, 0) is 56.9 Å². The van der Waals surface area contributed by atoms with E-state index in [0.717, 1.165) is 42.5 Å². The molecular formula is C24H30N4O4. The number of rotatable bonds is 8. The van der Waals surface area contributed by atoms with Crippen LogP contribution in [0, 0.1) is 0 Å². The molecule has 0 spiro atoms. The molecule has 0 saturated heterocycles. The standard InChI is InChI=1S/C24H30N4O4/c1-16(26-17(2)29)15-30-18-6-8-19(9-7-18)32-24-27-22-11-10-20(13-23(22)28(24)3)31-21-5-4-12-25-14-21/h4-5,10-14,16,18-19H,6-9,15H2,1-3H3,(H,26,29)/t16-,18?,19?/m0/s1. The molecule has 4 rings (SSSR count). The van der Waals surface area contributed by atoms with Crippen molar-refractivity contribution in [3.8, 4) is 17.5 Å². The van der Waals surface area contributed by atoms with Crippen LogP contribution in [0.3, 0.4) is 0 Å². The molecule has 1 fully saturated rings. The molecule has 8 heteroatoms. The van der Waals surface area contributed by atoms with E-state index in [1.165, 1.54) is 6.92 Å². The molecule has 2 heterocycles. The van der Waals surface area contributed by atoms with Crippen molar-refractivity contribution in [3.63, 3.8) is 0 Å². The van der Waals surface area contributed by atoms with Gasteiger partial charge in [0, 0.05) is 32.3 Å². The van der Waals surface area contributed by atoms with Crippen LogP contribution in [0.4, 0.5) is 0 Å². The Kier molecular flexibility index (Phi) is 6.90. The Hall–Kier alpha value is -3.13. The molecule has 8 nitrogen and oxygen atoms in total. The third-order valence-corrected chi connectivity index (χ3v) is 5.61. The molecule has 0 unspecified atom stereocenters. The minimum absolute atomic E-state index is 0.0218. The van der Waals surface area contributed by atoms with Crippen molar-refractivity contribution in [1.82, 2.24) is 19.9 Å². The molecule has 3 aromatic rings. The minimum atomic E-state index is -0.0311. The highest BCUT2D eigenvalue weighted by Crippen LogP contribution is 2.30. The van der Waals surface area contributed by atoms with Gasteiger partial charge in [-0.15, -0.1) is 0 Å². The third kappa shape index (κ3) is 5.56. The topological polar surface area (TPSA) is 87.5 Å². The predicted octanol–water partition coefficient (Wildman–Crippen LogP) is 3.99. The molecule has 1 aliphatic carbocycles. The van der Waals surface area contributed by atoms with E-state index < -0.39 is 0 Å². The fourth-order valence-corrected chi connectivity index (χ4v) is 3.99. The van der Waals surface area contributed by atoms with Crippen LogP contribution in [0.15, 0.2) is 42.7 Å². The van der Waals surface area contributed by atoms with E-state index in [9.17, 15) is 4.79 Å². The van der Waals surface area contributed by atoms with Crippen LogP contribution in [-0.4, -0.2) is 45.3 Å². The lowest BCUT2D eigenvalue weighted by Gasteiger charge is -2.29. The SMILES string of the molecule is CC(=O)N[C@@H](C)COC1CCC(Oc2nc3ccc(Oc4cccnc4)cc3n2C)CC1. The summed E-state index contributed by atoms with van der Waals surface area (Å²) in [5, 5.41) is 2.85. The van der Waals surface area contributed by atoms with Crippen molar-refractivity contribution in [2.75, 3.05) is 6.61 Å². The maximum atomic E-state index is 11.1. The maximum absolute atomic E-state index is 11.1. The van der Waals surface area contributed by atoms with E-state index in [4.69, 9.17) is 14.2 Å². The van der Waals surface area contributed by atoms with Crippen LogP contribution in [0.1, 0.15) is 39.5 Å². The third-order valence-electron chi connectivity index (χ3n) is 5.61. The zero-order valence-electron chi connectivity index (χ0n) is 18.8. The number of nitrogens with one attached hydrogen (secondary N) is 1. The Morgan fingerprint density at radius 2 is 1.97 bits per heavy atom. The van der Waals surface area contributed by atoms with E-state index in [1.807, 2.05) is 48.9 Å². The Morgan fingerprint density at radius 1 is 1.19 bits per heavy atom. The second-order valence-corrected chi connectivity index (χ2v) is 8.35. The number of hydrogen-bond donors (Lipinski definition) is 1. The number of nitrogens with zero attached hydrogens (tertiary/aromatic N) is 3. The molecule has 170 valence electrons. The lowest BCUT2D eigenvalue weighted by molar-refractivity contribution is -0.120. The van der Waals surface area contributed by atoms with Gasteiger partial charge in [-0.1, -0.05) is 0 Å². The van der Waals surface area contributed by atoms with Crippen molar-refractivity contribution in [3.05, 3.63) is 42.7 Å². The second kappa shape index (κ2) is 9.99. The van der Waals surface area contributed by atoms with Crippen LogP contribution in [0.5, 0.6) is 17.5 Å². The summed E-state index contributed by atoms with van der Waals surface area (Å²) in [6, 6.07) is 10.1. The Morgan fingerprint density at radius 3 is 2.69 bits per heavy atom. The molecule has 0 bridgehead atoms. The van der Waals surface area contributed by atoms with Gasteiger partial charge < -0.3 is 19.5 Å². The molecule has 32 heavy (non-hydrogen) atoms. The highest BCUT2D eigenvalue weighted by atomic mass is 16.5. The normalized spacial score (nSPS) is 19.5. The highest BCUT2D eigenvalue weighted by molar-refractivity contribution is 5.78. The molecule has 1 amide bonds. The van der Waals surface area contributed by atoms with Crippen LogP contribution in [0.25, 0.3) is 11.0 Å². The monoisotopic (exact) mass is 438 g/mol. The first-order valence-corrected chi connectivity index (χ1v) is 11.1.